The summed E-state index contributed by atoms with van der Waals surface area (Å²) in [6.45, 7) is 0.0223. The molecule has 0 aromatic heterocycles. The molecular formula is C24H19NO6. The Morgan fingerprint density at radius 3 is 2.32 bits per heavy atom. The van der Waals surface area contributed by atoms with E-state index in [2.05, 4.69) is 0 Å². The number of benzene rings is 3. The van der Waals surface area contributed by atoms with Gasteiger partial charge in [0.15, 0.2) is 0 Å². The van der Waals surface area contributed by atoms with Crippen molar-refractivity contribution in [3.8, 4) is 11.5 Å². The minimum atomic E-state index is -1.16. The number of ether oxygens (including phenoxy) is 2. The lowest BCUT2D eigenvalue weighted by molar-refractivity contribution is 0.0529. The highest BCUT2D eigenvalue weighted by atomic mass is 16.5. The molecule has 0 saturated heterocycles. The number of carbonyl (C=O) groups is 3. The summed E-state index contributed by atoms with van der Waals surface area (Å²) >= 11 is 0. The van der Waals surface area contributed by atoms with Crippen molar-refractivity contribution in [1.82, 2.24) is 4.90 Å². The van der Waals surface area contributed by atoms with Gasteiger partial charge >= 0.3 is 5.97 Å². The summed E-state index contributed by atoms with van der Waals surface area (Å²) in [6.07, 6.45) is 0. The smallest absolute Gasteiger partial charge is 0.335 e. The first-order valence-electron chi connectivity index (χ1n) is 9.56. The Labute approximate surface area is 178 Å². The summed E-state index contributed by atoms with van der Waals surface area (Å²) in [5.74, 6) is -1.05. The molecule has 0 spiro atoms. The normalized spacial score (nSPS) is 13.6. The minimum absolute atomic E-state index is 0.0223. The highest BCUT2D eigenvalue weighted by Gasteiger charge is 2.41. The highest BCUT2D eigenvalue weighted by Crippen LogP contribution is 2.33. The second-order valence-corrected chi connectivity index (χ2v) is 6.96. The molecule has 0 saturated carbocycles. The first kappa shape index (κ1) is 20.2. The van der Waals surface area contributed by atoms with E-state index in [4.69, 9.17) is 9.47 Å². The van der Waals surface area contributed by atoms with Crippen LogP contribution < -0.4 is 9.47 Å². The maximum Gasteiger partial charge on any atom is 0.335 e. The van der Waals surface area contributed by atoms with E-state index in [1.165, 1.54) is 18.2 Å². The largest absolute Gasteiger partial charge is 0.497 e. The molecular weight excluding hydrogens is 398 g/mol. The predicted octanol–water partition coefficient (Wildman–Crippen LogP) is 3.81. The zero-order valence-corrected chi connectivity index (χ0v) is 16.6. The summed E-state index contributed by atoms with van der Waals surface area (Å²) in [4.78, 5) is 38.7. The summed E-state index contributed by atoms with van der Waals surface area (Å²) < 4.78 is 11.1. The Bertz CT molecular complexity index is 1160. The molecule has 7 nitrogen and oxygen atoms in total. The molecule has 156 valence electrons. The number of aromatic carboxylic acids is 1. The van der Waals surface area contributed by atoms with Crippen LogP contribution in [0.15, 0.2) is 72.8 Å². The van der Waals surface area contributed by atoms with Crippen molar-refractivity contribution in [1.29, 1.82) is 0 Å². The zero-order chi connectivity index (χ0) is 22.0. The summed E-state index contributed by atoms with van der Waals surface area (Å²) in [5, 5.41) is 9.23. The first-order valence-corrected chi connectivity index (χ1v) is 9.56. The monoisotopic (exact) mass is 417 g/mol. The molecule has 0 aliphatic carbocycles. The number of carboxylic acids is 1. The van der Waals surface area contributed by atoms with Crippen LogP contribution in [0.25, 0.3) is 0 Å². The maximum atomic E-state index is 13.1. The Balaban J connectivity index is 1.68. The van der Waals surface area contributed by atoms with Gasteiger partial charge in [-0.15, -0.1) is 0 Å². The lowest BCUT2D eigenvalue weighted by Crippen LogP contribution is -2.37. The van der Waals surface area contributed by atoms with Crippen LogP contribution in [0.2, 0.25) is 0 Å². The number of amides is 2. The average molecular weight is 417 g/mol. The molecule has 1 N–H and O–H groups in total. The number of methoxy groups -OCH3 is 1. The fraction of sp³-hybridized carbons (Fsp3) is 0.125. The van der Waals surface area contributed by atoms with Gasteiger partial charge in [-0.2, -0.15) is 0 Å². The summed E-state index contributed by atoms with van der Waals surface area (Å²) in [5.41, 5.74) is 0.925. The van der Waals surface area contributed by atoms with E-state index in [0.29, 0.717) is 11.5 Å². The van der Waals surface area contributed by atoms with Crippen LogP contribution in [-0.4, -0.2) is 41.5 Å². The van der Waals surface area contributed by atoms with Crippen molar-refractivity contribution in [2.45, 2.75) is 6.04 Å². The number of hydrogen-bond acceptors (Lipinski definition) is 5. The molecule has 1 heterocycles. The van der Waals surface area contributed by atoms with Crippen LogP contribution in [0.5, 0.6) is 11.5 Å². The molecule has 7 heteroatoms. The first-order chi connectivity index (χ1) is 15.0. The number of imide groups is 1. The highest BCUT2D eigenvalue weighted by molar-refractivity contribution is 6.22. The molecule has 1 atom stereocenters. The number of fused-ring (bicyclic) bond motifs is 1. The second kappa shape index (κ2) is 8.31. The van der Waals surface area contributed by atoms with Gasteiger partial charge in [0.25, 0.3) is 11.8 Å². The van der Waals surface area contributed by atoms with Gasteiger partial charge in [-0.25, -0.2) is 4.79 Å². The number of hydrogen-bond donors (Lipinski definition) is 1. The van der Waals surface area contributed by atoms with Crippen LogP contribution in [0.3, 0.4) is 0 Å². The van der Waals surface area contributed by atoms with Gasteiger partial charge in [0.1, 0.15) is 18.1 Å². The number of nitrogens with zero attached hydrogens (tertiary/aromatic N) is 1. The third kappa shape index (κ3) is 3.85. The number of carbonyl (C=O) groups excluding carboxylic acids is 2. The Morgan fingerprint density at radius 1 is 0.903 bits per heavy atom. The van der Waals surface area contributed by atoms with Gasteiger partial charge in [-0.05, 0) is 35.9 Å². The maximum absolute atomic E-state index is 13.1. The summed E-state index contributed by atoms with van der Waals surface area (Å²) in [6, 6.07) is 19.4. The molecule has 2 amide bonds. The summed E-state index contributed by atoms with van der Waals surface area (Å²) in [7, 11) is 1.55. The molecule has 31 heavy (non-hydrogen) atoms. The second-order valence-electron chi connectivity index (χ2n) is 6.96. The van der Waals surface area contributed by atoms with Crippen LogP contribution in [0, 0.1) is 0 Å². The quantitative estimate of drug-likeness (QED) is 0.588. The van der Waals surface area contributed by atoms with E-state index >= 15 is 0 Å². The van der Waals surface area contributed by atoms with E-state index in [9.17, 15) is 19.5 Å². The van der Waals surface area contributed by atoms with Crippen molar-refractivity contribution in [3.05, 3.63) is 95.1 Å². The van der Waals surface area contributed by atoms with Gasteiger partial charge in [0.2, 0.25) is 0 Å². The van der Waals surface area contributed by atoms with Gasteiger partial charge in [0, 0.05) is 6.07 Å². The van der Waals surface area contributed by atoms with E-state index < -0.39 is 23.8 Å². The van der Waals surface area contributed by atoms with E-state index in [1.807, 2.05) is 30.3 Å². The van der Waals surface area contributed by atoms with Crippen LogP contribution in [0.1, 0.15) is 42.7 Å². The van der Waals surface area contributed by atoms with Gasteiger partial charge in [-0.1, -0.05) is 36.4 Å². The standard InChI is InChI=1S/C24H19NO6/c1-30-17-8-5-9-18(13-17)31-14-21(15-6-3-2-4-7-15)25-22(26)19-11-10-16(24(28)29)12-20(19)23(25)27/h2-13,21H,14H2,1H3,(H,28,29). The van der Waals surface area contributed by atoms with Crippen molar-refractivity contribution < 1.29 is 29.0 Å². The Morgan fingerprint density at radius 2 is 1.61 bits per heavy atom. The molecule has 0 radical (unpaired) electrons. The lowest BCUT2D eigenvalue weighted by Gasteiger charge is -2.26. The Hall–Kier alpha value is -4.13. The number of rotatable bonds is 7. The van der Waals surface area contributed by atoms with E-state index in [1.54, 1.807) is 31.4 Å². The fourth-order valence-electron chi connectivity index (χ4n) is 3.54. The van der Waals surface area contributed by atoms with Gasteiger partial charge in [0.05, 0.1) is 29.8 Å². The Kier molecular flexibility index (Phi) is 5.41. The average Bonchev–Trinajstić information content (AvgIpc) is 3.05. The zero-order valence-electron chi connectivity index (χ0n) is 16.6. The van der Waals surface area contributed by atoms with Crippen molar-refractivity contribution >= 4 is 17.8 Å². The fourth-order valence-corrected chi connectivity index (χ4v) is 3.54. The molecule has 1 aliphatic heterocycles. The van der Waals surface area contributed by atoms with Crippen molar-refractivity contribution in [2.24, 2.45) is 0 Å². The van der Waals surface area contributed by atoms with Gasteiger partial charge in [-0.3, -0.25) is 14.5 Å². The van der Waals surface area contributed by atoms with Gasteiger partial charge < -0.3 is 14.6 Å². The molecule has 3 aromatic rings. The van der Waals surface area contributed by atoms with Crippen LogP contribution >= 0.6 is 0 Å². The van der Waals surface area contributed by atoms with E-state index in [-0.39, 0.29) is 23.3 Å². The van der Waals surface area contributed by atoms with Crippen molar-refractivity contribution in [3.63, 3.8) is 0 Å². The number of carboxylic acid groups (broad SMARTS) is 1. The van der Waals surface area contributed by atoms with Crippen LogP contribution in [0.4, 0.5) is 0 Å². The molecule has 3 aromatic carbocycles. The van der Waals surface area contributed by atoms with Crippen molar-refractivity contribution in [2.75, 3.05) is 13.7 Å². The molecule has 1 aliphatic rings. The molecule has 4 rings (SSSR count). The lowest BCUT2D eigenvalue weighted by atomic mass is 10.1. The SMILES string of the molecule is COc1cccc(OCC(c2ccccc2)N2C(=O)c3ccc(C(=O)O)cc3C2=O)c1. The molecule has 0 bridgehead atoms. The third-order valence-corrected chi connectivity index (χ3v) is 5.11. The van der Waals surface area contributed by atoms with Crippen LogP contribution in [-0.2, 0) is 0 Å². The third-order valence-electron chi connectivity index (χ3n) is 5.11. The predicted molar refractivity (Wildman–Crippen MR) is 112 cm³/mol. The van der Waals surface area contributed by atoms with E-state index in [0.717, 1.165) is 10.5 Å². The topological polar surface area (TPSA) is 93.1 Å². The molecule has 1 unspecified atom stereocenters. The minimum Gasteiger partial charge on any atom is -0.497 e. The molecule has 0 fully saturated rings.